The summed E-state index contributed by atoms with van der Waals surface area (Å²) >= 11 is 0. The fourth-order valence-corrected chi connectivity index (χ4v) is 3.54. The molecule has 0 radical (unpaired) electrons. The van der Waals surface area contributed by atoms with Gasteiger partial charge in [-0.15, -0.1) is 0 Å². The van der Waals surface area contributed by atoms with Gasteiger partial charge in [-0.1, -0.05) is 47.5 Å². The van der Waals surface area contributed by atoms with E-state index >= 15 is 0 Å². The van der Waals surface area contributed by atoms with Gasteiger partial charge in [0, 0.05) is 24.6 Å². The Balaban J connectivity index is 2.63. The van der Waals surface area contributed by atoms with E-state index in [9.17, 15) is 5.11 Å². The normalized spacial score (nSPS) is 25.6. The Labute approximate surface area is 120 Å². The maximum absolute atomic E-state index is 9.69. The molecule has 0 aromatic rings. The predicted octanol–water partition coefficient (Wildman–Crippen LogP) is 3.98. The van der Waals surface area contributed by atoms with Crippen LogP contribution < -0.4 is 5.32 Å². The first-order chi connectivity index (χ1) is 8.88. The zero-order chi connectivity index (χ0) is 14.5. The van der Waals surface area contributed by atoms with Crippen LogP contribution in [0.15, 0.2) is 0 Å². The van der Waals surface area contributed by atoms with Crippen molar-refractivity contribution in [2.24, 2.45) is 16.7 Å². The zero-order valence-electron chi connectivity index (χ0n) is 13.8. The van der Waals surface area contributed by atoms with E-state index < -0.39 is 0 Å². The molecule has 0 aliphatic heterocycles. The molecule has 2 heteroatoms. The van der Waals surface area contributed by atoms with Gasteiger partial charge in [0.1, 0.15) is 0 Å². The first-order valence-corrected chi connectivity index (χ1v) is 8.23. The van der Waals surface area contributed by atoms with Gasteiger partial charge >= 0.3 is 0 Å². The third kappa shape index (κ3) is 4.46. The van der Waals surface area contributed by atoms with Crippen LogP contribution in [0, 0.1) is 16.7 Å². The molecule has 0 heterocycles. The van der Waals surface area contributed by atoms with Crippen LogP contribution in [0.25, 0.3) is 0 Å². The lowest BCUT2D eigenvalue weighted by atomic mass is 9.69. The van der Waals surface area contributed by atoms with Gasteiger partial charge in [0.15, 0.2) is 0 Å². The molecule has 0 saturated heterocycles. The summed E-state index contributed by atoms with van der Waals surface area (Å²) in [6.07, 6.45) is 7.50. The molecule has 0 aromatic heterocycles. The zero-order valence-corrected chi connectivity index (χ0v) is 13.8. The van der Waals surface area contributed by atoms with E-state index in [1.165, 1.54) is 25.7 Å². The van der Waals surface area contributed by atoms with Crippen LogP contribution in [0.3, 0.4) is 0 Å². The van der Waals surface area contributed by atoms with E-state index in [2.05, 4.69) is 39.9 Å². The van der Waals surface area contributed by atoms with Crippen molar-refractivity contribution in [3.63, 3.8) is 0 Å². The summed E-state index contributed by atoms with van der Waals surface area (Å²) in [6.45, 7) is 12.8. The molecule has 2 unspecified atom stereocenters. The molecule has 0 spiro atoms. The highest BCUT2D eigenvalue weighted by Gasteiger charge is 2.35. The van der Waals surface area contributed by atoms with Gasteiger partial charge in [0.2, 0.25) is 0 Å². The fourth-order valence-electron chi connectivity index (χ4n) is 3.54. The van der Waals surface area contributed by atoms with Gasteiger partial charge in [-0.25, -0.2) is 0 Å². The van der Waals surface area contributed by atoms with Gasteiger partial charge in [-0.05, 0) is 37.0 Å². The molecule has 19 heavy (non-hydrogen) atoms. The molecule has 1 rings (SSSR count). The van der Waals surface area contributed by atoms with E-state index in [-0.39, 0.29) is 5.41 Å². The molecular weight excluding hydrogens is 234 g/mol. The highest BCUT2D eigenvalue weighted by atomic mass is 16.3. The minimum absolute atomic E-state index is 0.0832. The van der Waals surface area contributed by atoms with Crippen molar-refractivity contribution in [2.45, 2.75) is 79.2 Å². The Morgan fingerprint density at radius 3 is 2.11 bits per heavy atom. The lowest BCUT2D eigenvalue weighted by molar-refractivity contribution is 0.0834. The van der Waals surface area contributed by atoms with Gasteiger partial charge in [-0.2, -0.15) is 0 Å². The molecule has 0 bridgehead atoms. The summed E-state index contributed by atoms with van der Waals surface area (Å²) in [6, 6.07) is 0.637. The van der Waals surface area contributed by atoms with Gasteiger partial charge in [0.05, 0.1) is 0 Å². The largest absolute Gasteiger partial charge is 0.396 e. The maximum atomic E-state index is 9.69. The fraction of sp³-hybridized carbons (Fsp3) is 1.00. The number of hydrogen-bond acceptors (Lipinski definition) is 2. The summed E-state index contributed by atoms with van der Waals surface area (Å²) in [5.74, 6) is 0.770. The van der Waals surface area contributed by atoms with Gasteiger partial charge in [-0.3, -0.25) is 0 Å². The Kier molecular flexibility index (Phi) is 6.32. The summed E-state index contributed by atoms with van der Waals surface area (Å²) in [5, 5.41) is 13.5. The van der Waals surface area contributed by atoms with E-state index in [0.29, 0.717) is 18.1 Å². The molecule has 0 amide bonds. The minimum atomic E-state index is 0.0832. The Morgan fingerprint density at radius 1 is 1.05 bits per heavy atom. The van der Waals surface area contributed by atoms with Crippen LogP contribution >= 0.6 is 0 Å². The maximum Gasteiger partial charge on any atom is 0.0499 e. The quantitative estimate of drug-likeness (QED) is 0.764. The smallest absolute Gasteiger partial charge is 0.0499 e. The third-order valence-corrected chi connectivity index (χ3v) is 5.45. The van der Waals surface area contributed by atoms with Crippen LogP contribution in [-0.4, -0.2) is 24.3 Å². The molecule has 2 atom stereocenters. The second-order valence-corrected chi connectivity index (χ2v) is 7.61. The van der Waals surface area contributed by atoms with Gasteiger partial charge in [0.25, 0.3) is 0 Å². The molecule has 1 aliphatic rings. The topological polar surface area (TPSA) is 32.3 Å². The summed E-state index contributed by atoms with van der Waals surface area (Å²) in [5.41, 5.74) is 0.471. The van der Waals surface area contributed by atoms with Gasteiger partial charge < -0.3 is 10.4 Å². The van der Waals surface area contributed by atoms with Crippen LogP contribution in [0.2, 0.25) is 0 Å². The van der Waals surface area contributed by atoms with Crippen LogP contribution in [0.1, 0.15) is 73.1 Å². The number of aliphatic hydroxyl groups excluding tert-OH is 1. The highest BCUT2D eigenvalue weighted by molar-refractivity contribution is 4.90. The second kappa shape index (κ2) is 7.08. The third-order valence-electron chi connectivity index (χ3n) is 5.45. The molecule has 2 nitrogen and oxygen atoms in total. The lowest BCUT2D eigenvalue weighted by Gasteiger charge is -2.42. The first-order valence-electron chi connectivity index (χ1n) is 8.23. The predicted molar refractivity (Wildman–Crippen MR) is 83.3 cm³/mol. The number of nitrogens with one attached hydrogen (secondary N) is 1. The van der Waals surface area contributed by atoms with Crippen LogP contribution in [-0.2, 0) is 0 Å². The molecule has 1 fully saturated rings. The first kappa shape index (κ1) is 17.0. The standard InChI is InChI=1S/C17H35NO/c1-6-17(7-2,13-19)12-18-15-11-9-8-10-14(15)16(3,4)5/h14-15,18-19H,6-13H2,1-5H3. The van der Waals surface area contributed by atoms with Crippen molar-refractivity contribution < 1.29 is 5.11 Å². The number of hydrogen-bond donors (Lipinski definition) is 2. The molecule has 1 aliphatic carbocycles. The van der Waals surface area contributed by atoms with Crippen molar-refractivity contribution in [3.05, 3.63) is 0 Å². The van der Waals surface area contributed by atoms with Crippen LogP contribution in [0.4, 0.5) is 0 Å². The summed E-state index contributed by atoms with van der Waals surface area (Å²) in [7, 11) is 0. The minimum Gasteiger partial charge on any atom is -0.396 e. The van der Waals surface area contributed by atoms with Crippen molar-refractivity contribution >= 4 is 0 Å². The molecule has 1 saturated carbocycles. The molecule has 0 aromatic carbocycles. The lowest BCUT2D eigenvalue weighted by Crippen LogP contribution is -2.48. The highest BCUT2D eigenvalue weighted by Crippen LogP contribution is 2.38. The summed E-state index contributed by atoms with van der Waals surface area (Å²) in [4.78, 5) is 0. The molecule has 114 valence electrons. The Hall–Kier alpha value is -0.0800. The Morgan fingerprint density at radius 2 is 1.63 bits per heavy atom. The summed E-state index contributed by atoms with van der Waals surface area (Å²) < 4.78 is 0. The van der Waals surface area contributed by atoms with Crippen LogP contribution in [0.5, 0.6) is 0 Å². The second-order valence-electron chi connectivity index (χ2n) is 7.61. The van der Waals surface area contributed by atoms with E-state index in [0.717, 1.165) is 25.3 Å². The average molecular weight is 269 g/mol. The molecular formula is C17H35NO. The Bertz CT molecular complexity index is 244. The van der Waals surface area contributed by atoms with Crippen molar-refractivity contribution in [1.82, 2.24) is 5.32 Å². The SMILES string of the molecule is CCC(CC)(CO)CNC1CCCCC1C(C)(C)C. The van der Waals surface area contributed by atoms with E-state index in [1.807, 2.05) is 0 Å². The van der Waals surface area contributed by atoms with E-state index in [4.69, 9.17) is 0 Å². The van der Waals surface area contributed by atoms with Crippen molar-refractivity contribution in [1.29, 1.82) is 0 Å². The van der Waals surface area contributed by atoms with Crippen molar-refractivity contribution in [3.8, 4) is 0 Å². The molecule has 2 N–H and O–H groups in total. The van der Waals surface area contributed by atoms with E-state index in [1.54, 1.807) is 0 Å². The van der Waals surface area contributed by atoms with Crippen molar-refractivity contribution in [2.75, 3.05) is 13.2 Å². The number of rotatable bonds is 6. The monoisotopic (exact) mass is 269 g/mol. The number of aliphatic hydroxyl groups is 1. The average Bonchev–Trinajstić information content (AvgIpc) is 2.40.